The van der Waals surface area contributed by atoms with Gasteiger partial charge < -0.3 is 16.0 Å². The van der Waals surface area contributed by atoms with Crippen molar-refractivity contribution in [1.29, 1.82) is 0 Å². The Hall–Kier alpha value is -2.24. The summed E-state index contributed by atoms with van der Waals surface area (Å²) in [6, 6.07) is 1.99. The SMILES string of the molecule is NC(=O)Cn1cc(NCc2cc[nH]c2)cn1. The van der Waals surface area contributed by atoms with E-state index in [2.05, 4.69) is 15.4 Å². The molecule has 84 valence electrons. The fourth-order valence-electron chi connectivity index (χ4n) is 1.37. The first-order valence-electron chi connectivity index (χ1n) is 4.90. The van der Waals surface area contributed by atoms with Crippen LogP contribution in [0.3, 0.4) is 0 Å². The number of hydrogen-bond donors (Lipinski definition) is 3. The molecule has 16 heavy (non-hydrogen) atoms. The highest BCUT2D eigenvalue weighted by Crippen LogP contribution is 2.07. The average molecular weight is 219 g/mol. The number of aromatic amines is 1. The first-order valence-corrected chi connectivity index (χ1v) is 4.90. The van der Waals surface area contributed by atoms with Gasteiger partial charge in [-0.1, -0.05) is 0 Å². The zero-order chi connectivity index (χ0) is 11.4. The number of primary amides is 1. The van der Waals surface area contributed by atoms with Gasteiger partial charge in [0.05, 0.1) is 11.9 Å². The fraction of sp³-hybridized carbons (Fsp3) is 0.200. The van der Waals surface area contributed by atoms with Crippen molar-refractivity contribution in [2.45, 2.75) is 13.1 Å². The van der Waals surface area contributed by atoms with Gasteiger partial charge in [-0.2, -0.15) is 5.10 Å². The molecule has 2 heterocycles. The lowest BCUT2D eigenvalue weighted by Crippen LogP contribution is -2.18. The van der Waals surface area contributed by atoms with E-state index in [4.69, 9.17) is 5.73 Å². The molecule has 0 aliphatic carbocycles. The molecule has 0 aliphatic rings. The van der Waals surface area contributed by atoms with E-state index in [0.717, 1.165) is 11.3 Å². The highest BCUT2D eigenvalue weighted by Gasteiger charge is 2.01. The van der Waals surface area contributed by atoms with E-state index in [1.54, 1.807) is 12.4 Å². The number of anilines is 1. The molecule has 6 nitrogen and oxygen atoms in total. The van der Waals surface area contributed by atoms with E-state index < -0.39 is 5.91 Å². The molecule has 0 spiro atoms. The van der Waals surface area contributed by atoms with Crippen LogP contribution in [0.2, 0.25) is 0 Å². The van der Waals surface area contributed by atoms with Crippen LogP contribution in [-0.4, -0.2) is 20.7 Å². The number of amides is 1. The summed E-state index contributed by atoms with van der Waals surface area (Å²) < 4.78 is 1.50. The summed E-state index contributed by atoms with van der Waals surface area (Å²) in [5, 5.41) is 7.19. The van der Waals surface area contributed by atoms with E-state index in [1.165, 1.54) is 4.68 Å². The summed E-state index contributed by atoms with van der Waals surface area (Å²) in [4.78, 5) is 13.6. The quantitative estimate of drug-likeness (QED) is 0.676. The predicted molar refractivity (Wildman–Crippen MR) is 59.5 cm³/mol. The lowest BCUT2D eigenvalue weighted by Gasteiger charge is -2.00. The standard InChI is InChI=1S/C10H13N5O/c11-10(16)7-15-6-9(5-14-15)13-4-8-1-2-12-3-8/h1-3,5-6,12-13H,4,7H2,(H2,11,16). The topological polar surface area (TPSA) is 88.7 Å². The lowest BCUT2D eigenvalue weighted by atomic mass is 10.3. The van der Waals surface area contributed by atoms with Gasteiger partial charge in [0.2, 0.25) is 5.91 Å². The molecule has 2 aromatic heterocycles. The number of hydrogen-bond acceptors (Lipinski definition) is 3. The molecule has 0 radical (unpaired) electrons. The molecule has 0 saturated carbocycles. The summed E-state index contributed by atoms with van der Waals surface area (Å²) in [7, 11) is 0. The van der Waals surface area contributed by atoms with Crippen molar-refractivity contribution in [3.05, 3.63) is 36.4 Å². The Kier molecular flexibility index (Phi) is 2.90. The van der Waals surface area contributed by atoms with Gasteiger partial charge >= 0.3 is 0 Å². The number of nitrogens with two attached hydrogens (primary N) is 1. The van der Waals surface area contributed by atoms with Gasteiger partial charge in [-0.25, -0.2) is 0 Å². The Morgan fingerprint density at radius 3 is 3.19 bits per heavy atom. The third kappa shape index (κ3) is 2.63. The Balaban J connectivity index is 1.90. The molecule has 0 saturated heterocycles. The summed E-state index contributed by atoms with van der Waals surface area (Å²) in [5.41, 5.74) is 7.08. The van der Waals surface area contributed by atoms with Crippen LogP contribution in [0, 0.1) is 0 Å². The predicted octanol–water partition coefficient (Wildman–Crippen LogP) is 0.309. The second kappa shape index (κ2) is 4.52. The van der Waals surface area contributed by atoms with Crippen LogP contribution in [0.5, 0.6) is 0 Å². The molecule has 1 amide bonds. The Morgan fingerprint density at radius 1 is 1.62 bits per heavy atom. The van der Waals surface area contributed by atoms with Gasteiger partial charge in [0.1, 0.15) is 6.54 Å². The molecular weight excluding hydrogens is 206 g/mol. The molecule has 0 unspecified atom stereocenters. The Bertz CT molecular complexity index is 459. The van der Waals surface area contributed by atoms with Crippen molar-refractivity contribution in [1.82, 2.24) is 14.8 Å². The van der Waals surface area contributed by atoms with Crippen molar-refractivity contribution in [3.63, 3.8) is 0 Å². The van der Waals surface area contributed by atoms with Gasteiger partial charge in [-0.05, 0) is 11.6 Å². The molecular formula is C10H13N5O. The van der Waals surface area contributed by atoms with Gasteiger partial charge in [0, 0.05) is 25.1 Å². The van der Waals surface area contributed by atoms with Crippen molar-refractivity contribution in [2.75, 3.05) is 5.32 Å². The number of rotatable bonds is 5. The average Bonchev–Trinajstić information content (AvgIpc) is 2.84. The summed E-state index contributed by atoms with van der Waals surface area (Å²) in [6.45, 7) is 0.817. The van der Waals surface area contributed by atoms with E-state index in [0.29, 0.717) is 6.54 Å². The number of H-pyrrole nitrogens is 1. The number of carbonyl (C=O) groups is 1. The van der Waals surface area contributed by atoms with Gasteiger partial charge in [-0.3, -0.25) is 9.48 Å². The Morgan fingerprint density at radius 2 is 2.50 bits per heavy atom. The molecule has 4 N–H and O–H groups in total. The summed E-state index contributed by atoms with van der Waals surface area (Å²) in [6.07, 6.45) is 7.20. The smallest absolute Gasteiger partial charge is 0.239 e. The second-order valence-corrected chi connectivity index (χ2v) is 3.47. The van der Waals surface area contributed by atoms with Crippen LogP contribution in [0.1, 0.15) is 5.56 Å². The van der Waals surface area contributed by atoms with Crippen molar-refractivity contribution >= 4 is 11.6 Å². The van der Waals surface area contributed by atoms with Crippen LogP contribution in [-0.2, 0) is 17.9 Å². The first kappa shape index (κ1) is 10.3. The van der Waals surface area contributed by atoms with Crippen LogP contribution in [0.15, 0.2) is 30.9 Å². The minimum Gasteiger partial charge on any atom is -0.378 e. The van der Waals surface area contributed by atoms with E-state index in [1.807, 2.05) is 18.5 Å². The maximum atomic E-state index is 10.7. The molecule has 0 aromatic carbocycles. The normalized spacial score (nSPS) is 10.2. The van der Waals surface area contributed by atoms with Crippen LogP contribution >= 0.6 is 0 Å². The zero-order valence-electron chi connectivity index (χ0n) is 8.68. The number of nitrogens with zero attached hydrogens (tertiary/aromatic N) is 2. The van der Waals surface area contributed by atoms with Crippen LogP contribution in [0.25, 0.3) is 0 Å². The fourth-order valence-corrected chi connectivity index (χ4v) is 1.37. The van der Waals surface area contributed by atoms with Gasteiger partial charge in [0.25, 0.3) is 0 Å². The number of aromatic nitrogens is 3. The van der Waals surface area contributed by atoms with Crippen molar-refractivity contribution in [2.24, 2.45) is 5.73 Å². The highest BCUT2D eigenvalue weighted by atomic mass is 16.1. The Labute approximate surface area is 92.5 Å². The van der Waals surface area contributed by atoms with E-state index in [9.17, 15) is 4.79 Å². The van der Waals surface area contributed by atoms with Crippen molar-refractivity contribution in [3.8, 4) is 0 Å². The van der Waals surface area contributed by atoms with Crippen LogP contribution in [0.4, 0.5) is 5.69 Å². The largest absolute Gasteiger partial charge is 0.378 e. The third-order valence-electron chi connectivity index (χ3n) is 2.11. The van der Waals surface area contributed by atoms with E-state index >= 15 is 0 Å². The molecule has 0 aliphatic heterocycles. The molecule has 2 aromatic rings. The maximum absolute atomic E-state index is 10.7. The molecule has 2 rings (SSSR count). The van der Waals surface area contributed by atoms with E-state index in [-0.39, 0.29) is 6.54 Å². The van der Waals surface area contributed by atoms with Gasteiger partial charge in [0.15, 0.2) is 0 Å². The van der Waals surface area contributed by atoms with Gasteiger partial charge in [-0.15, -0.1) is 0 Å². The highest BCUT2D eigenvalue weighted by molar-refractivity contribution is 5.73. The molecule has 0 fully saturated rings. The maximum Gasteiger partial charge on any atom is 0.239 e. The lowest BCUT2D eigenvalue weighted by molar-refractivity contribution is -0.118. The van der Waals surface area contributed by atoms with Crippen LogP contribution < -0.4 is 11.1 Å². The summed E-state index contributed by atoms with van der Waals surface area (Å²) >= 11 is 0. The third-order valence-corrected chi connectivity index (χ3v) is 2.11. The summed E-state index contributed by atoms with van der Waals surface area (Å²) in [5.74, 6) is -0.403. The number of nitrogens with one attached hydrogen (secondary N) is 2. The zero-order valence-corrected chi connectivity index (χ0v) is 8.68. The molecule has 6 heteroatoms. The second-order valence-electron chi connectivity index (χ2n) is 3.47. The monoisotopic (exact) mass is 219 g/mol. The molecule has 0 atom stereocenters. The minimum atomic E-state index is -0.403. The van der Waals surface area contributed by atoms with Crippen molar-refractivity contribution < 1.29 is 4.79 Å². The number of carbonyl (C=O) groups excluding carboxylic acids is 1. The molecule has 0 bridgehead atoms. The minimum absolute atomic E-state index is 0.103. The first-order chi connectivity index (χ1) is 7.74.